The number of nitrogens with zero attached hydrogens (tertiary/aromatic N) is 1. The lowest BCUT2D eigenvalue weighted by atomic mass is 10.0. The van der Waals surface area contributed by atoms with Crippen molar-refractivity contribution in [2.24, 2.45) is 0 Å². The first-order chi connectivity index (χ1) is 9.36. The van der Waals surface area contributed by atoms with Crippen molar-refractivity contribution in [1.82, 2.24) is 10.5 Å². The van der Waals surface area contributed by atoms with Gasteiger partial charge in [0.15, 0.2) is 5.76 Å². The van der Waals surface area contributed by atoms with Gasteiger partial charge in [-0.3, -0.25) is 0 Å². The first kappa shape index (κ1) is 14.6. The number of aryl methyl sites for hydroxylation is 1. The van der Waals surface area contributed by atoms with Crippen molar-refractivity contribution in [3.05, 3.63) is 52.9 Å². The Morgan fingerprint density at radius 3 is 2.65 bits per heavy atom. The van der Waals surface area contributed by atoms with E-state index >= 15 is 0 Å². The van der Waals surface area contributed by atoms with Crippen LogP contribution in [0.5, 0.6) is 0 Å². The van der Waals surface area contributed by atoms with Gasteiger partial charge in [0.1, 0.15) is 0 Å². The fraction of sp³-hybridized carbons (Fsp3) is 0.357. The predicted molar refractivity (Wildman–Crippen MR) is 67.9 cm³/mol. The summed E-state index contributed by atoms with van der Waals surface area (Å²) in [6, 6.07) is 6.86. The fourth-order valence-electron chi connectivity index (χ4n) is 1.86. The maximum absolute atomic E-state index is 12.6. The summed E-state index contributed by atoms with van der Waals surface area (Å²) in [7, 11) is 0. The molecule has 0 spiro atoms. The fourth-order valence-corrected chi connectivity index (χ4v) is 1.86. The molecular weight excluding hydrogens is 269 g/mol. The third kappa shape index (κ3) is 3.60. The van der Waals surface area contributed by atoms with Gasteiger partial charge in [-0.2, -0.15) is 13.2 Å². The second-order valence-electron chi connectivity index (χ2n) is 4.66. The molecule has 1 aromatic heterocycles. The summed E-state index contributed by atoms with van der Waals surface area (Å²) >= 11 is 0. The lowest BCUT2D eigenvalue weighted by Gasteiger charge is -2.15. The van der Waals surface area contributed by atoms with Crippen LogP contribution in [-0.4, -0.2) is 5.16 Å². The molecule has 0 fully saturated rings. The van der Waals surface area contributed by atoms with E-state index in [2.05, 4.69) is 10.5 Å². The van der Waals surface area contributed by atoms with Gasteiger partial charge in [-0.25, -0.2) is 0 Å². The van der Waals surface area contributed by atoms with Crippen LogP contribution in [0.25, 0.3) is 0 Å². The van der Waals surface area contributed by atoms with Gasteiger partial charge in [-0.05, 0) is 31.5 Å². The number of aromatic nitrogens is 1. The minimum atomic E-state index is -4.32. The number of alkyl halides is 3. The summed E-state index contributed by atoms with van der Waals surface area (Å²) in [5, 5.41) is 6.86. The number of halogens is 3. The van der Waals surface area contributed by atoms with Crippen molar-refractivity contribution in [3.63, 3.8) is 0 Å². The standard InChI is InChI=1S/C14H15F3N2O/c1-9-6-13(20-19-9)8-18-10(2)11-4-3-5-12(7-11)14(15,16)17/h3-7,10,18H,8H2,1-2H3. The average Bonchev–Trinajstić information content (AvgIpc) is 2.81. The zero-order chi connectivity index (χ0) is 14.8. The molecule has 0 radical (unpaired) electrons. The maximum Gasteiger partial charge on any atom is 0.416 e. The van der Waals surface area contributed by atoms with Gasteiger partial charge < -0.3 is 9.84 Å². The van der Waals surface area contributed by atoms with Gasteiger partial charge in [0, 0.05) is 12.1 Å². The Kier molecular flexibility index (Phi) is 4.13. The van der Waals surface area contributed by atoms with Gasteiger partial charge in [-0.15, -0.1) is 0 Å². The van der Waals surface area contributed by atoms with Crippen LogP contribution in [0.3, 0.4) is 0 Å². The summed E-state index contributed by atoms with van der Waals surface area (Å²) in [5.74, 6) is 0.654. The molecule has 0 aliphatic carbocycles. The molecule has 2 aromatic rings. The number of hydrogen-bond donors (Lipinski definition) is 1. The highest BCUT2D eigenvalue weighted by Gasteiger charge is 2.30. The maximum atomic E-state index is 12.6. The van der Waals surface area contributed by atoms with E-state index in [4.69, 9.17) is 4.52 Å². The van der Waals surface area contributed by atoms with Crippen molar-refractivity contribution in [3.8, 4) is 0 Å². The van der Waals surface area contributed by atoms with Gasteiger partial charge in [-0.1, -0.05) is 17.3 Å². The van der Waals surface area contributed by atoms with Crippen LogP contribution in [0, 0.1) is 6.92 Å². The Morgan fingerprint density at radius 2 is 2.05 bits per heavy atom. The SMILES string of the molecule is Cc1cc(CNC(C)c2cccc(C(F)(F)F)c2)on1. The predicted octanol–water partition coefficient (Wildman–Crippen LogP) is 3.85. The summed E-state index contributed by atoms with van der Waals surface area (Å²) in [6.45, 7) is 4.03. The average molecular weight is 284 g/mol. The minimum Gasteiger partial charge on any atom is -0.360 e. The van der Waals surface area contributed by atoms with Gasteiger partial charge in [0.2, 0.25) is 0 Å². The third-order valence-electron chi connectivity index (χ3n) is 2.97. The van der Waals surface area contributed by atoms with Crippen LogP contribution in [0.15, 0.2) is 34.9 Å². The molecule has 0 bridgehead atoms. The van der Waals surface area contributed by atoms with Gasteiger partial charge >= 0.3 is 6.18 Å². The van der Waals surface area contributed by atoms with Crippen LogP contribution in [-0.2, 0) is 12.7 Å². The first-order valence-electron chi connectivity index (χ1n) is 6.19. The lowest BCUT2D eigenvalue weighted by Crippen LogP contribution is -2.18. The highest BCUT2D eigenvalue weighted by Crippen LogP contribution is 2.30. The second-order valence-corrected chi connectivity index (χ2v) is 4.66. The molecular formula is C14H15F3N2O. The molecule has 20 heavy (non-hydrogen) atoms. The number of rotatable bonds is 4. The molecule has 1 atom stereocenters. The summed E-state index contributed by atoms with van der Waals surface area (Å²) in [4.78, 5) is 0. The summed E-state index contributed by atoms with van der Waals surface area (Å²) in [5.41, 5.74) is 0.712. The summed E-state index contributed by atoms with van der Waals surface area (Å²) in [6.07, 6.45) is -4.32. The van der Waals surface area contributed by atoms with E-state index < -0.39 is 11.7 Å². The molecule has 108 valence electrons. The molecule has 1 aromatic carbocycles. The van der Waals surface area contributed by atoms with E-state index in [0.717, 1.165) is 17.8 Å². The molecule has 0 amide bonds. The molecule has 1 N–H and O–H groups in total. The minimum absolute atomic E-state index is 0.220. The van der Waals surface area contributed by atoms with Crippen LogP contribution >= 0.6 is 0 Å². The van der Waals surface area contributed by atoms with E-state index in [1.807, 2.05) is 6.92 Å². The highest BCUT2D eigenvalue weighted by molar-refractivity contribution is 5.27. The van der Waals surface area contributed by atoms with Crippen molar-refractivity contribution >= 4 is 0 Å². The van der Waals surface area contributed by atoms with Crippen molar-refractivity contribution in [2.75, 3.05) is 0 Å². The normalized spacial score (nSPS) is 13.4. The molecule has 6 heteroatoms. The van der Waals surface area contributed by atoms with E-state index in [9.17, 15) is 13.2 Å². The van der Waals surface area contributed by atoms with Crippen LogP contribution in [0.4, 0.5) is 13.2 Å². The number of nitrogens with one attached hydrogen (secondary N) is 1. The molecule has 0 saturated heterocycles. The molecule has 0 saturated carbocycles. The topological polar surface area (TPSA) is 38.1 Å². The Bertz CT molecular complexity index is 578. The molecule has 2 rings (SSSR count). The Hall–Kier alpha value is -1.82. The molecule has 3 nitrogen and oxygen atoms in total. The largest absolute Gasteiger partial charge is 0.416 e. The number of hydrogen-bond acceptors (Lipinski definition) is 3. The highest BCUT2D eigenvalue weighted by atomic mass is 19.4. The van der Waals surface area contributed by atoms with E-state index in [1.165, 1.54) is 6.07 Å². The van der Waals surface area contributed by atoms with E-state index in [0.29, 0.717) is 17.9 Å². The second kappa shape index (κ2) is 5.66. The van der Waals surface area contributed by atoms with Gasteiger partial charge in [0.05, 0.1) is 17.8 Å². The molecule has 1 heterocycles. The molecule has 1 unspecified atom stereocenters. The van der Waals surface area contributed by atoms with Crippen molar-refractivity contribution in [2.45, 2.75) is 32.6 Å². The zero-order valence-corrected chi connectivity index (χ0v) is 11.2. The smallest absolute Gasteiger partial charge is 0.360 e. The Labute approximate surface area is 114 Å². The third-order valence-corrected chi connectivity index (χ3v) is 2.97. The summed E-state index contributed by atoms with van der Waals surface area (Å²) < 4.78 is 43.0. The van der Waals surface area contributed by atoms with Crippen LogP contribution in [0.2, 0.25) is 0 Å². The first-order valence-corrected chi connectivity index (χ1v) is 6.19. The Morgan fingerprint density at radius 1 is 1.30 bits per heavy atom. The van der Waals surface area contributed by atoms with Crippen molar-refractivity contribution < 1.29 is 17.7 Å². The molecule has 0 aliphatic heterocycles. The Balaban J connectivity index is 2.03. The molecule has 0 aliphatic rings. The lowest BCUT2D eigenvalue weighted by molar-refractivity contribution is -0.137. The van der Waals surface area contributed by atoms with E-state index in [-0.39, 0.29) is 6.04 Å². The van der Waals surface area contributed by atoms with E-state index in [1.54, 1.807) is 19.1 Å². The monoisotopic (exact) mass is 284 g/mol. The van der Waals surface area contributed by atoms with Gasteiger partial charge in [0.25, 0.3) is 0 Å². The van der Waals surface area contributed by atoms with Crippen molar-refractivity contribution in [1.29, 1.82) is 0 Å². The zero-order valence-electron chi connectivity index (χ0n) is 11.2. The van der Waals surface area contributed by atoms with Crippen LogP contribution in [0.1, 0.15) is 35.5 Å². The van der Waals surface area contributed by atoms with Crippen LogP contribution < -0.4 is 5.32 Å². The quantitative estimate of drug-likeness (QED) is 0.926. The number of benzene rings is 1.